The molecule has 6 nitrogen and oxygen atoms in total. The first-order valence-electron chi connectivity index (χ1n) is 5.93. The molecule has 2 heterocycles. The maximum atomic E-state index is 12.1. The van der Waals surface area contributed by atoms with Gasteiger partial charge in [-0.05, 0) is 19.8 Å². The molecule has 1 amide bonds. The van der Waals surface area contributed by atoms with Crippen molar-refractivity contribution in [2.24, 2.45) is 12.5 Å². The van der Waals surface area contributed by atoms with Crippen molar-refractivity contribution in [1.29, 1.82) is 0 Å². The Bertz CT molecular complexity index is 473. The molecule has 1 aromatic heterocycles. The minimum absolute atomic E-state index is 0.122. The van der Waals surface area contributed by atoms with Gasteiger partial charge in [0.25, 0.3) is 5.91 Å². The third kappa shape index (κ3) is 2.23. The Morgan fingerprint density at radius 2 is 2.00 bits per heavy atom. The maximum Gasteiger partial charge on any atom is 0.309 e. The lowest BCUT2D eigenvalue weighted by Crippen LogP contribution is -2.45. The minimum Gasteiger partial charge on any atom is -0.481 e. The maximum absolute atomic E-state index is 12.1. The number of rotatable bonds is 2. The van der Waals surface area contributed by atoms with Crippen LogP contribution in [0.1, 0.15) is 30.3 Å². The van der Waals surface area contributed by atoms with Gasteiger partial charge in [0.05, 0.1) is 11.7 Å². The van der Waals surface area contributed by atoms with E-state index >= 15 is 0 Å². The van der Waals surface area contributed by atoms with E-state index in [2.05, 4.69) is 4.98 Å². The van der Waals surface area contributed by atoms with E-state index in [0.29, 0.717) is 31.6 Å². The van der Waals surface area contributed by atoms with Crippen LogP contribution in [-0.4, -0.2) is 44.5 Å². The molecule has 1 saturated heterocycles. The van der Waals surface area contributed by atoms with Crippen LogP contribution >= 0.6 is 0 Å². The van der Waals surface area contributed by atoms with Gasteiger partial charge in [0.15, 0.2) is 0 Å². The molecule has 0 aliphatic carbocycles. The van der Waals surface area contributed by atoms with Gasteiger partial charge in [0.2, 0.25) is 0 Å². The molecule has 0 radical (unpaired) electrons. The fourth-order valence-corrected chi connectivity index (χ4v) is 2.10. The molecule has 1 aliphatic rings. The Balaban J connectivity index is 2.02. The van der Waals surface area contributed by atoms with Crippen molar-refractivity contribution in [2.45, 2.75) is 19.8 Å². The van der Waals surface area contributed by atoms with Crippen molar-refractivity contribution >= 4 is 11.9 Å². The summed E-state index contributed by atoms with van der Waals surface area (Å²) in [6.45, 7) is 2.67. The van der Waals surface area contributed by atoms with Crippen LogP contribution in [0.15, 0.2) is 12.5 Å². The molecule has 0 saturated carbocycles. The summed E-state index contributed by atoms with van der Waals surface area (Å²) in [6.07, 6.45) is 4.23. The molecule has 1 aliphatic heterocycles. The summed E-state index contributed by atoms with van der Waals surface area (Å²) >= 11 is 0. The summed E-state index contributed by atoms with van der Waals surface area (Å²) in [5.74, 6) is -0.907. The molecule has 0 unspecified atom stereocenters. The van der Waals surface area contributed by atoms with Gasteiger partial charge in [-0.25, -0.2) is 4.98 Å². The van der Waals surface area contributed by atoms with Crippen LogP contribution in [0.4, 0.5) is 0 Å². The number of amides is 1. The van der Waals surface area contributed by atoms with Crippen molar-refractivity contribution in [3.05, 3.63) is 18.2 Å². The Morgan fingerprint density at radius 1 is 1.39 bits per heavy atom. The number of carboxylic acids is 1. The zero-order chi connectivity index (χ0) is 13.3. The highest BCUT2D eigenvalue weighted by molar-refractivity contribution is 5.92. The molecule has 98 valence electrons. The Morgan fingerprint density at radius 3 is 2.44 bits per heavy atom. The molecule has 0 spiro atoms. The second-order valence-electron chi connectivity index (χ2n) is 5.08. The Labute approximate surface area is 105 Å². The van der Waals surface area contributed by atoms with E-state index in [-0.39, 0.29) is 5.91 Å². The second kappa shape index (κ2) is 4.44. The molecule has 1 N–H and O–H groups in total. The Hall–Kier alpha value is -1.85. The number of hydrogen-bond donors (Lipinski definition) is 1. The summed E-state index contributed by atoms with van der Waals surface area (Å²) in [5.41, 5.74) is -0.294. The summed E-state index contributed by atoms with van der Waals surface area (Å²) in [7, 11) is 1.81. The number of aromatic nitrogens is 2. The van der Waals surface area contributed by atoms with E-state index in [1.54, 1.807) is 28.9 Å². The highest BCUT2D eigenvalue weighted by Crippen LogP contribution is 2.31. The van der Waals surface area contributed by atoms with Crippen molar-refractivity contribution < 1.29 is 14.7 Å². The highest BCUT2D eigenvalue weighted by atomic mass is 16.4. The zero-order valence-electron chi connectivity index (χ0n) is 10.6. The van der Waals surface area contributed by atoms with Crippen molar-refractivity contribution in [3.8, 4) is 0 Å². The molecule has 1 aromatic rings. The predicted octanol–water partition coefficient (Wildman–Crippen LogP) is 0.747. The number of imidazole rings is 1. The van der Waals surface area contributed by atoms with Crippen LogP contribution in [0, 0.1) is 5.41 Å². The van der Waals surface area contributed by atoms with Crippen molar-refractivity contribution in [1.82, 2.24) is 14.5 Å². The number of hydrogen-bond acceptors (Lipinski definition) is 3. The largest absolute Gasteiger partial charge is 0.481 e. The third-order valence-electron chi connectivity index (χ3n) is 3.59. The van der Waals surface area contributed by atoms with E-state index in [4.69, 9.17) is 5.11 Å². The number of aliphatic carboxylic acids is 1. The zero-order valence-corrected chi connectivity index (χ0v) is 10.6. The third-order valence-corrected chi connectivity index (χ3v) is 3.59. The van der Waals surface area contributed by atoms with Gasteiger partial charge in [-0.2, -0.15) is 0 Å². The van der Waals surface area contributed by atoms with Crippen molar-refractivity contribution in [2.75, 3.05) is 13.1 Å². The molecule has 0 aromatic carbocycles. The van der Waals surface area contributed by atoms with Crippen LogP contribution in [-0.2, 0) is 11.8 Å². The van der Waals surface area contributed by atoms with E-state index in [1.807, 2.05) is 7.05 Å². The molecule has 1 fully saturated rings. The molecule has 18 heavy (non-hydrogen) atoms. The predicted molar refractivity (Wildman–Crippen MR) is 64.1 cm³/mol. The quantitative estimate of drug-likeness (QED) is 0.841. The van der Waals surface area contributed by atoms with E-state index in [1.165, 1.54) is 0 Å². The summed E-state index contributed by atoms with van der Waals surface area (Å²) in [4.78, 5) is 28.9. The van der Waals surface area contributed by atoms with Gasteiger partial charge in [-0.3, -0.25) is 9.59 Å². The Kier molecular flexibility index (Phi) is 3.11. The molecule has 6 heteroatoms. The topological polar surface area (TPSA) is 75.4 Å². The van der Waals surface area contributed by atoms with E-state index in [0.717, 1.165) is 0 Å². The number of carbonyl (C=O) groups excluding carboxylic acids is 1. The van der Waals surface area contributed by atoms with Crippen LogP contribution < -0.4 is 0 Å². The number of carbonyl (C=O) groups is 2. The van der Waals surface area contributed by atoms with Crippen LogP contribution in [0.2, 0.25) is 0 Å². The van der Waals surface area contributed by atoms with Crippen LogP contribution in [0.5, 0.6) is 0 Å². The number of aryl methyl sites for hydroxylation is 1. The smallest absolute Gasteiger partial charge is 0.309 e. The first-order chi connectivity index (χ1) is 8.42. The van der Waals surface area contributed by atoms with E-state index < -0.39 is 11.4 Å². The van der Waals surface area contributed by atoms with Crippen molar-refractivity contribution in [3.63, 3.8) is 0 Å². The lowest BCUT2D eigenvalue weighted by atomic mass is 9.80. The van der Waals surface area contributed by atoms with Gasteiger partial charge in [-0.15, -0.1) is 0 Å². The average Bonchev–Trinajstić information content (AvgIpc) is 2.76. The first-order valence-corrected chi connectivity index (χ1v) is 5.93. The van der Waals surface area contributed by atoms with Gasteiger partial charge in [0, 0.05) is 26.3 Å². The summed E-state index contributed by atoms with van der Waals surface area (Å²) in [6, 6.07) is 0. The lowest BCUT2D eigenvalue weighted by Gasteiger charge is -2.36. The van der Waals surface area contributed by atoms with Crippen LogP contribution in [0.25, 0.3) is 0 Å². The summed E-state index contributed by atoms with van der Waals surface area (Å²) in [5, 5.41) is 9.12. The molecule has 0 bridgehead atoms. The fourth-order valence-electron chi connectivity index (χ4n) is 2.10. The van der Waals surface area contributed by atoms with Gasteiger partial charge >= 0.3 is 5.97 Å². The van der Waals surface area contributed by atoms with Crippen LogP contribution in [0.3, 0.4) is 0 Å². The number of nitrogens with zero attached hydrogens (tertiary/aromatic N) is 3. The minimum atomic E-state index is -0.785. The molecular weight excluding hydrogens is 234 g/mol. The molecular formula is C12H17N3O3. The number of carboxylic acid groups (broad SMARTS) is 1. The van der Waals surface area contributed by atoms with Gasteiger partial charge in [-0.1, -0.05) is 0 Å². The van der Waals surface area contributed by atoms with Gasteiger partial charge < -0.3 is 14.6 Å². The monoisotopic (exact) mass is 251 g/mol. The second-order valence-corrected chi connectivity index (χ2v) is 5.08. The molecule has 0 atom stereocenters. The highest BCUT2D eigenvalue weighted by Gasteiger charge is 2.38. The van der Waals surface area contributed by atoms with Gasteiger partial charge in [0.1, 0.15) is 5.69 Å². The SMILES string of the molecule is Cn1cnc(C(=O)N2CCC(C)(C(=O)O)CC2)c1. The lowest BCUT2D eigenvalue weighted by molar-refractivity contribution is -0.150. The first kappa shape index (κ1) is 12.6. The average molecular weight is 251 g/mol. The normalized spacial score (nSPS) is 18.7. The standard InChI is InChI=1S/C12H17N3O3/c1-12(11(17)18)3-5-15(6-4-12)10(16)9-7-14(2)8-13-9/h7-8H,3-6H2,1-2H3,(H,17,18). The fraction of sp³-hybridized carbons (Fsp3) is 0.583. The number of piperidine rings is 1. The van der Waals surface area contributed by atoms with E-state index in [9.17, 15) is 9.59 Å². The molecule has 2 rings (SSSR count). The summed E-state index contributed by atoms with van der Waals surface area (Å²) < 4.78 is 1.72. The number of likely N-dealkylation sites (tertiary alicyclic amines) is 1.